The van der Waals surface area contributed by atoms with Gasteiger partial charge in [0, 0.05) is 13.0 Å². The van der Waals surface area contributed by atoms with Crippen LogP contribution in [-0.4, -0.2) is 11.7 Å². The van der Waals surface area contributed by atoms with Crippen LogP contribution < -0.4 is 5.32 Å². The van der Waals surface area contributed by atoms with Gasteiger partial charge in [0.2, 0.25) is 5.78 Å². The number of aryl methyl sites for hydroxylation is 1. The van der Waals surface area contributed by atoms with E-state index >= 15 is 0 Å². The number of hydrogen-bond donors (Lipinski definition) is 1. The van der Waals surface area contributed by atoms with E-state index in [2.05, 4.69) is 5.32 Å². The molecule has 1 amide bonds. The molecule has 0 bridgehead atoms. The fourth-order valence-corrected chi connectivity index (χ4v) is 1.89. The lowest BCUT2D eigenvalue weighted by Crippen LogP contribution is -2.30. The predicted octanol–water partition coefficient (Wildman–Crippen LogP) is 2.50. The second-order valence-electron chi connectivity index (χ2n) is 4.58. The van der Waals surface area contributed by atoms with Gasteiger partial charge in [0.25, 0.3) is 5.91 Å². The Balaban J connectivity index is 1.76. The molecule has 1 N–H and O–H groups in total. The average molecular weight is 267 g/mol. The van der Waals surface area contributed by atoms with Crippen LogP contribution in [0.15, 0.2) is 60.7 Å². The fourth-order valence-electron chi connectivity index (χ4n) is 1.89. The van der Waals surface area contributed by atoms with Crippen molar-refractivity contribution in [2.75, 3.05) is 0 Å². The van der Waals surface area contributed by atoms with Gasteiger partial charge in [-0.2, -0.15) is 0 Å². The summed E-state index contributed by atoms with van der Waals surface area (Å²) in [5.74, 6) is -0.880. The minimum absolute atomic E-state index is 0.241. The summed E-state index contributed by atoms with van der Waals surface area (Å²) >= 11 is 0. The Morgan fingerprint density at radius 2 is 1.35 bits per heavy atom. The second-order valence-corrected chi connectivity index (χ2v) is 4.58. The molecule has 0 aliphatic carbocycles. The van der Waals surface area contributed by atoms with Crippen LogP contribution in [0.25, 0.3) is 0 Å². The minimum atomic E-state index is -0.509. The molecule has 20 heavy (non-hydrogen) atoms. The number of carbonyl (C=O) groups is 2. The molecule has 0 spiro atoms. The van der Waals surface area contributed by atoms with Gasteiger partial charge in [-0.3, -0.25) is 9.59 Å². The molecule has 0 aromatic heterocycles. The van der Waals surface area contributed by atoms with Crippen LogP contribution in [0.5, 0.6) is 0 Å². The molecule has 0 heterocycles. The van der Waals surface area contributed by atoms with Crippen LogP contribution in [-0.2, 0) is 22.6 Å². The van der Waals surface area contributed by atoms with Gasteiger partial charge >= 0.3 is 0 Å². The molecule has 0 unspecified atom stereocenters. The van der Waals surface area contributed by atoms with Crippen LogP contribution in [0, 0.1) is 0 Å². The third-order valence-corrected chi connectivity index (χ3v) is 3.03. The summed E-state index contributed by atoms with van der Waals surface area (Å²) < 4.78 is 0. The zero-order chi connectivity index (χ0) is 14.2. The summed E-state index contributed by atoms with van der Waals surface area (Å²) in [5, 5.41) is 2.65. The number of benzene rings is 2. The number of nitrogens with one attached hydrogen (secondary N) is 1. The quantitative estimate of drug-likeness (QED) is 0.817. The van der Waals surface area contributed by atoms with Crippen molar-refractivity contribution in [1.29, 1.82) is 0 Å². The van der Waals surface area contributed by atoms with Gasteiger partial charge in [-0.1, -0.05) is 60.7 Å². The van der Waals surface area contributed by atoms with Crippen molar-refractivity contribution in [3.63, 3.8) is 0 Å². The maximum atomic E-state index is 11.7. The highest BCUT2D eigenvalue weighted by atomic mass is 16.2. The monoisotopic (exact) mass is 267 g/mol. The van der Waals surface area contributed by atoms with Crippen LogP contribution in [0.1, 0.15) is 17.5 Å². The lowest BCUT2D eigenvalue weighted by atomic mass is 10.1. The Labute approximate surface area is 118 Å². The van der Waals surface area contributed by atoms with Crippen molar-refractivity contribution in [3.8, 4) is 0 Å². The summed E-state index contributed by atoms with van der Waals surface area (Å²) in [6.45, 7) is 0.386. The molecule has 102 valence electrons. The molecule has 0 aliphatic heterocycles. The van der Waals surface area contributed by atoms with E-state index in [4.69, 9.17) is 0 Å². The Morgan fingerprint density at radius 1 is 0.800 bits per heavy atom. The maximum absolute atomic E-state index is 11.7. The highest BCUT2D eigenvalue weighted by Crippen LogP contribution is 2.03. The lowest BCUT2D eigenvalue weighted by Gasteiger charge is -2.04. The van der Waals surface area contributed by atoms with Crippen molar-refractivity contribution in [3.05, 3.63) is 71.8 Å². The highest BCUT2D eigenvalue weighted by Gasteiger charge is 2.12. The van der Waals surface area contributed by atoms with Crippen molar-refractivity contribution in [1.82, 2.24) is 5.32 Å². The molecule has 0 radical (unpaired) electrons. The molecule has 3 heteroatoms. The Morgan fingerprint density at radius 3 is 1.95 bits per heavy atom. The first kappa shape index (κ1) is 14.0. The Kier molecular flexibility index (Phi) is 5.07. The fraction of sp³-hybridized carbons (Fsp3) is 0.176. The first-order valence-electron chi connectivity index (χ1n) is 6.64. The van der Waals surface area contributed by atoms with Gasteiger partial charge in [0.05, 0.1) is 0 Å². The molecule has 2 rings (SSSR count). The highest BCUT2D eigenvalue weighted by molar-refractivity contribution is 6.36. The third-order valence-electron chi connectivity index (χ3n) is 3.03. The first-order valence-corrected chi connectivity index (χ1v) is 6.64. The van der Waals surface area contributed by atoms with E-state index < -0.39 is 5.91 Å². The van der Waals surface area contributed by atoms with E-state index in [1.54, 1.807) is 0 Å². The zero-order valence-electron chi connectivity index (χ0n) is 11.2. The molecular weight excluding hydrogens is 250 g/mol. The Bertz CT molecular complexity index is 511. The number of amides is 1. The number of rotatable bonds is 6. The van der Waals surface area contributed by atoms with E-state index in [0.717, 1.165) is 11.1 Å². The van der Waals surface area contributed by atoms with Gasteiger partial charge in [0.1, 0.15) is 0 Å². The van der Waals surface area contributed by atoms with Crippen molar-refractivity contribution >= 4 is 11.7 Å². The van der Waals surface area contributed by atoms with Crippen LogP contribution in [0.2, 0.25) is 0 Å². The van der Waals surface area contributed by atoms with Gasteiger partial charge < -0.3 is 5.32 Å². The number of ketones is 1. The predicted molar refractivity (Wildman–Crippen MR) is 78.1 cm³/mol. The van der Waals surface area contributed by atoms with Gasteiger partial charge in [-0.15, -0.1) is 0 Å². The largest absolute Gasteiger partial charge is 0.345 e. The average Bonchev–Trinajstić information content (AvgIpc) is 2.52. The third kappa shape index (κ3) is 4.35. The van der Waals surface area contributed by atoms with Crippen LogP contribution >= 0.6 is 0 Å². The summed E-state index contributed by atoms with van der Waals surface area (Å²) in [6.07, 6.45) is 0.836. The molecule has 0 atom stereocenters. The minimum Gasteiger partial charge on any atom is -0.345 e. The molecule has 0 aliphatic rings. The second kappa shape index (κ2) is 7.24. The molecule has 2 aromatic rings. The van der Waals surface area contributed by atoms with E-state index in [1.165, 1.54) is 0 Å². The zero-order valence-corrected chi connectivity index (χ0v) is 11.2. The van der Waals surface area contributed by atoms with Gasteiger partial charge in [-0.05, 0) is 17.5 Å². The normalized spacial score (nSPS) is 10.0. The van der Waals surface area contributed by atoms with E-state index in [1.807, 2.05) is 60.7 Å². The number of carbonyl (C=O) groups excluding carboxylic acids is 2. The summed E-state index contributed by atoms with van der Waals surface area (Å²) in [7, 11) is 0. The summed E-state index contributed by atoms with van der Waals surface area (Å²) in [4.78, 5) is 23.4. The van der Waals surface area contributed by atoms with Crippen LogP contribution in [0.4, 0.5) is 0 Å². The van der Waals surface area contributed by atoms with Crippen LogP contribution in [0.3, 0.4) is 0 Å². The molecule has 3 nitrogen and oxygen atoms in total. The van der Waals surface area contributed by atoms with Gasteiger partial charge in [-0.25, -0.2) is 0 Å². The number of Topliss-reactive ketones (excluding diaryl/α,β-unsaturated/α-hetero) is 1. The molecule has 0 fully saturated rings. The lowest BCUT2D eigenvalue weighted by molar-refractivity contribution is -0.138. The van der Waals surface area contributed by atoms with E-state index in [-0.39, 0.29) is 12.2 Å². The summed E-state index contributed by atoms with van der Waals surface area (Å²) in [5.41, 5.74) is 2.05. The molecular formula is C17H17NO2. The first-order chi connectivity index (χ1) is 9.75. The Hall–Kier alpha value is -2.42. The van der Waals surface area contributed by atoms with Crippen molar-refractivity contribution < 1.29 is 9.59 Å². The summed E-state index contributed by atoms with van der Waals surface area (Å²) in [6, 6.07) is 19.2. The SMILES string of the molecule is O=C(CCc1ccccc1)C(=O)NCc1ccccc1. The van der Waals surface area contributed by atoms with E-state index in [9.17, 15) is 9.59 Å². The van der Waals surface area contributed by atoms with E-state index in [0.29, 0.717) is 13.0 Å². The molecule has 0 saturated carbocycles. The number of hydrogen-bond acceptors (Lipinski definition) is 2. The molecule has 0 saturated heterocycles. The van der Waals surface area contributed by atoms with Gasteiger partial charge in [0.15, 0.2) is 0 Å². The van der Waals surface area contributed by atoms with Crippen molar-refractivity contribution in [2.45, 2.75) is 19.4 Å². The maximum Gasteiger partial charge on any atom is 0.287 e. The smallest absolute Gasteiger partial charge is 0.287 e. The molecule has 2 aromatic carbocycles. The van der Waals surface area contributed by atoms with Crippen molar-refractivity contribution in [2.24, 2.45) is 0 Å². The topological polar surface area (TPSA) is 46.2 Å². The standard InChI is InChI=1S/C17H17NO2/c19-16(12-11-14-7-3-1-4-8-14)17(20)18-13-15-9-5-2-6-10-15/h1-10H,11-13H2,(H,18,20).